The number of aromatic amines is 1. The zero-order valence-corrected chi connectivity index (χ0v) is 16.0. The van der Waals surface area contributed by atoms with Gasteiger partial charge in [-0.15, -0.1) is 0 Å². The first kappa shape index (κ1) is 18.4. The van der Waals surface area contributed by atoms with Gasteiger partial charge in [0, 0.05) is 39.4 Å². The summed E-state index contributed by atoms with van der Waals surface area (Å²) >= 11 is 0. The lowest BCUT2D eigenvalue weighted by molar-refractivity contribution is 0.384. The van der Waals surface area contributed by atoms with Gasteiger partial charge in [0.2, 0.25) is 10.0 Å². The van der Waals surface area contributed by atoms with E-state index in [2.05, 4.69) is 9.97 Å². The third-order valence-electron chi connectivity index (χ3n) is 4.92. The summed E-state index contributed by atoms with van der Waals surface area (Å²) in [6.45, 7) is 1.69. The van der Waals surface area contributed by atoms with Gasteiger partial charge in [-0.2, -0.15) is 4.31 Å². The Morgan fingerprint density at radius 2 is 1.79 bits per heavy atom. The van der Waals surface area contributed by atoms with E-state index >= 15 is 0 Å². The third kappa shape index (κ3) is 3.10. The highest BCUT2D eigenvalue weighted by atomic mass is 32.2. The molecule has 1 fully saturated rings. The number of nitrogens with zero attached hydrogens (tertiary/aromatic N) is 4. The number of benzene rings is 1. The van der Waals surface area contributed by atoms with Crippen LogP contribution >= 0.6 is 0 Å². The average Bonchev–Trinajstić information content (AvgIpc) is 2.72. The first-order valence-corrected chi connectivity index (χ1v) is 10.2. The Hall–Kier alpha value is -2.98. The van der Waals surface area contributed by atoms with E-state index < -0.39 is 21.3 Å². The molecule has 9 nitrogen and oxygen atoms in total. The molecule has 1 N–H and O–H groups in total. The number of hydrogen-bond acceptors (Lipinski definition) is 6. The van der Waals surface area contributed by atoms with Crippen molar-refractivity contribution in [3.05, 3.63) is 63.4 Å². The molecule has 0 aliphatic carbocycles. The van der Waals surface area contributed by atoms with Crippen molar-refractivity contribution in [3.63, 3.8) is 0 Å². The SMILES string of the molecule is Cn1c(=O)[nH]c2ccc(S(=O)(=O)N3CCN(c4ccccn4)CC3)cc2c1=O. The number of piperazine rings is 1. The van der Waals surface area contributed by atoms with Crippen molar-refractivity contribution >= 4 is 26.7 Å². The monoisotopic (exact) mass is 401 g/mol. The number of rotatable bonds is 3. The van der Waals surface area contributed by atoms with Crippen LogP contribution in [0.1, 0.15) is 0 Å². The van der Waals surface area contributed by atoms with E-state index in [9.17, 15) is 18.0 Å². The van der Waals surface area contributed by atoms with Gasteiger partial charge in [-0.05, 0) is 30.3 Å². The van der Waals surface area contributed by atoms with E-state index in [-0.39, 0.29) is 10.3 Å². The molecule has 3 heterocycles. The van der Waals surface area contributed by atoms with E-state index in [4.69, 9.17) is 0 Å². The molecule has 10 heteroatoms. The zero-order chi connectivity index (χ0) is 19.9. The lowest BCUT2D eigenvalue weighted by Crippen LogP contribution is -2.48. The highest BCUT2D eigenvalue weighted by Crippen LogP contribution is 2.21. The number of sulfonamides is 1. The van der Waals surface area contributed by atoms with Gasteiger partial charge in [-0.25, -0.2) is 18.2 Å². The molecule has 1 aliphatic heterocycles. The molecule has 0 saturated carbocycles. The average molecular weight is 401 g/mol. The summed E-state index contributed by atoms with van der Waals surface area (Å²) in [5.74, 6) is 0.817. The molecular weight excluding hydrogens is 382 g/mol. The van der Waals surface area contributed by atoms with E-state index in [1.54, 1.807) is 6.20 Å². The quantitative estimate of drug-likeness (QED) is 0.668. The summed E-state index contributed by atoms with van der Waals surface area (Å²) in [6.07, 6.45) is 1.71. The Morgan fingerprint density at radius 1 is 1.04 bits per heavy atom. The maximum absolute atomic E-state index is 13.0. The van der Waals surface area contributed by atoms with Crippen LogP contribution in [0.3, 0.4) is 0 Å². The number of hydrogen-bond donors (Lipinski definition) is 1. The smallest absolute Gasteiger partial charge is 0.328 e. The van der Waals surface area contributed by atoms with Crippen LogP contribution in [0.25, 0.3) is 10.9 Å². The van der Waals surface area contributed by atoms with E-state index in [0.29, 0.717) is 31.7 Å². The summed E-state index contributed by atoms with van der Waals surface area (Å²) < 4.78 is 28.4. The molecule has 3 aromatic rings. The van der Waals surface area contributed by atoms with Gasteiger partial charge in [-0.3, -0.25) is 9.36 Å². The Labute approximate surface area is 160 Å². The lowest BCUT2D eigenvalue weighted by Gasteiger charge is -2.34. The molecule has 28 heavy (non-hydrogen) atoms. The topological polar surface area (TPSA) is 108 Å². The van der Waals surface area contributed by atoms with Gasteiger partial charge in [0.15, 0.2) is 0 Å². The summed E-state index contributed by atoms with van der Waals surface area (Å²) in [6, 6.07) is 9.82. The van der Waals surface area contributed by atoms with Gasteiger partial charge in [0.05, 0.1) is 15.8 Å². The number of H-pyrrole nitrogens is 1. The minimum atomic E-state index is -3.75. The Bertz CT molecular complexity index is 1240. The minimum absolute atomic E-state index is 0.0374. The molecule has 4 rings (SSSR count). The highest BCUT2D eigenvalue weighted by molar-refractivity contribution is 7.89. The highest BCUT2D eigenvalue weighted by Gasteiger charge is 2.29. The molecule has 1 aromatic carbocycles. The molecule has 1 aliphatic rings. The summed E-state index contributed by atoms with van der Waals surface area (Å²) in [5.41, 5.74) is -0.762. The zero-order valence-electron chi connectivity index (χ0n) is 15.2. The first-order valence-electron chi connectivity index (χ1n) is 8.77. The Morgan fingerprint density at radius 3 is 2.46 bits per heavy atom. The number of fused-ring (bicyclic) bond motifs is 1. The molecule has 0 bridgehead atoms. The molecule has 0 amide bonds. The van der Waals surface area contributed by atoms with Crippen LogP contribution in [0.2, 0.25) is 0 Å². The predicted molar refractivity (Wildman–Crippen MR) is 105 cm³/mol. The van der Waals surface area contributed by atoms with E-state index in [1.165, 1.54) is 29.6 Å². The molecule has 2 aromatic heterocycles. The van der Waals surface area contributed by atoms with Crippen LogP contribution in [0.4, 0.5) is 5.82 Å². The molecular formula is C18H19N5O4S. The second kappa shape index (κ2) is 6.88. The van der Waals surface area contributed by atoms with Crippen molar-refractivity contribution < 1.29 is 8.42 Å². The summed E-state index contributed by atoms with van der Waals surface area (Å²) in [7, 11) is -2.41. The Balaban J connectivity index is 1.62. The fraction of sp³-hybridized carbons (Fsp3) is 0.278. The summed E-state index contributed by atoms with van der Waals surface area (Å²) in [4.78, 5) is 33.0. The molecule has 1 saturated heterocycles. The standard InChI is InChI=1S/C18H19N5O4S/c1-21-17(24)14-12-13(5-6-15(14)20-18(21)25)28(26,27)23-10-8-22(9-11-23)16-4-2-3-7-19-16/h2-7,12H,8-11H2,1H3,(H,20,25). The van der Waals surface area contributed by atoms with Crippen molar-refractivity contribution in [3.8, 4) is 0 Å². The van der Waals surface area contributed by atoms with E-state index in [1.807, 2.05) is 23.1 Å². The minimum Gasteiger partial charge on any atom is -0.354 e. The van der Waals surface area contributed by atoms with Crippen LogP contribution in [0.15, 0.2) is 57.1 Å². The van der Waals surface area contributed by atoms with Gasteiger partial charge in [-0.1, -0.05) is 6.07 Å². The van der Waals surface area contributed by atoms with Crippen LogP contribution in [0, 0.1) is 0 Å². The first-order chi connectivity index (χ1) is 13.4. The van der Waals surface area contributed by atoms with Gasteiger partial charge in [0.25, 0.3) is 5.56 Å². The maximum atomic E-state index is 13.0. The van der Waals surface area contributed by atoms with Gasteiger partial charge in [0.1, 0.15) is 5.82 Å². The number of aromatic nitrogens is 3. The van der Waals surface area contributed by atoms with Crippen molar-refractivity contribution in [1.82, 2.24) is 18.8 Å². The normalized spacial score (nSPS) is 15.8. The maximum Gasteiger partial charge on any atom is 0.328 e. The second-order valence-electron chi connectivity index (χ2n) is 6.58. The number of pyridine rings is 1. The molecule has 0 radical (unpaired) electrons. The van der Waals surface area contributed by atoms with Gasteiger partial charge < -0.3 is 9.88 Å². The molecule has 0 spiro atoms. The van der Waals surface area contributed by atoms with Crippen LogP contribution in [0.5, 0.6) is 0 Å². The Kier molecular flexibility index (Phi) is 4.52. The van der Waals surface area contributed by atoms with Gasteiger partial charge >= 0.3 is 5.69 Å². The fourth-order valence-electron chi connectivity index (χ4n) is 3.29. The largest absolute Gasteiger partial charge is 0.354 e. The number of nitrogens with one attached hydrogen (secondary N) is 1. The third-order valence-corrected chi connectivity index (χ3v) is 6.82. The van der Waals surface area contributed by atoms with Crippen molar-refractivity contribution in [2.24, 2.45) is 7.05 Å². The van der Waals surface area contributed by atoms with Crippen LogP contribution in [-0.2, 0) is 17.1 Å². The predicted octanol–water partition coefficient (Wildman–Crippen LogP) is 0.133. The fourth-order valence-corrected chi connectivity index (χ4v) is 4.74. The van der Waals surface area contributed by atoms with Crippen molar-refractivity contribution in [2.75, 3.05) is 31.1 Å². The van der Waals surface area contributed by atoms with Crippen LogP contribution < -0.4 is 16.1 Å². The lowest BCUT2D eigenvalue weighted by atomic mass is 10.2. The molecule has 146 valence electrons. The van der Waals surface area contributed by atoms with Crippen molar-refractivity contribution in [2.45, 2.75) is 4.90 Å². The second-order valence-corrected chi connectivity index (χ2v) is 8.52. The van der Waals surface area contributed by atoms with Crippen LogP contribution in [-0.4, -0.2) is 53.4 Å². The molecule has 0 unspecified atom stereocenters. The molecule has 0 atom stereocenters. The van der Waals surface area contributed by atoms with E-state index in [0.717, 1.165) is 10.4 Å². The summed E-state index contributed by atoms with van der Waals surface area (Å²) in [5, 5.41) is 0.162. The van der Waals surface area contributed by atoms with Crippen molar-refractivity contribution in [1.29, 1.82) is 0 Å². The number of anilines is 1.